The minimum Gasteiger partial charge on any atom is -0.481 e. The number of rotatable bonds is 7. The van der Waals surface area contributed by atoms with Crippen molar-refractivity contribution in [3.63, 3.8) is 0 Å². The molecular formula is C14H19NO4. The van der Waals surface area contributed by atoms with Gasteiger partial charge in [-0.2, -0.15) is 0 Å². The maximum absolute atomic E-state index is 12.0. The van der Waals surface area contributed by atoms with Gasteiger partial charge in [0.1, 0.15) is 11.8 Å². The molecule has 104 valence electrons. The summed E-state index contributed by atoms with van der Waals surface area (Å²) in [4.78, 5) is 22.8. The van der Waals surface area contributed by atoms with Crippen LogP contribution >= 0.6 is 0 Å². The molecular weight excluding hydrogens is 246 g/mol. The third kappa shape index (κ3) is 4.62. The van der Waals surface area contributed by atoms with Gasteiger partial charge in [0.2, 0.25) is 0 Å². The van der Waals surface area contributed by atoms with Gasteiger partial charge in [0, 0.05) is 0 Å². The van der Waals surface area contributed by atoms with E-state index in [1.54, 1.807) is 19.1 Å². The molecule has 0 saturated carbocycles. The van der Waals surface area contributed by atoms with Crippen LogP contribution < -0.4 is 10.1 Å². The Morgan fingerprint density at radius 2 is 1.84 bits per heavy atom. The number of hydrogen-bond donors (Lipinski definition) is 2. The number of nitrogens with one attached hydrogen (secondary N) is 1. The van der Waals surface area contributed by atoms with Crippen molar-refractivity contribution >= 4 is 11.9 Å². The first-order chi connectivity index (χ1) is 9.08. The minimum atomic E-state index is -1.04. The summed E-state index contributed by atoms with van der Waals surface area (Å²) in [5.41, 5.74) is 0. The highest BCUT2D eigenvalue weighted by atomic mass is 16.5. The van der Waals surface area contributed by atoms with E-state index in [1.807, 2.05) is 25.1 Å². The molecule has 1 aromatic rings. The molecule has 1 aromatic carbocycles. The maximum atomic E-state index is 12.0. The normalized spacial score (nSPS) is 13.4. The molecule has 0 radical (unpaired) electrons. The first-order valence-corrected chi connectivity index (χ1v) is 6.33. The number of ether oxygens (including phenoxy) is 1. The Morgan fingerprint density at radius 3 is 2.32 bits per heavy atom. The number of aliphatic carboxylic acids is 1. The summed E-state index contributed by atoms with van der Waals surface area (Å²) in [5, 5.41) is 11.4. The molecule has 0 aliphatic carbocycles. The lowest BCUT2D eigenvalue weighted by Gasteiger charge is -2.19. The molecule has 1 rings (SSSR count). The SMILES string of the molecule is CCC(NC(=O)C(CC)Oc1ccccc1)C(=O)O. The van der Waals surface area contributed by atoms with Crippen molar-refractivity contribution < 1.29 is 19.4 Å². The second-order valence-corrected chi connectivity index (χ2v) is 4.14. The molecule has 0 saturated heterocycles. The highest BCUT2D eigenvalue weighted by Crippen LogP contribution is 2.12. The number of amides is 1. The maximum Gasteiger partial charge on any atom is 0.326 e. The Hall–Kier alpha value is -2.04. The van der Waals surface area contributed by atoms with Gasteiger partial charge in [-0.25, -0.2) is 4.79 Å². The van der Waals surface area contributed by atoms with Gasteiger partial charge in [0.25, 0.3) is 5.91 Å². The fourth-order valence-electron chi connectivity index (χ4n) is 1.59. The van der Waals surface area contributed by atoms with Crippen molar-refractivity contribution in [1.82, 2.24) is 5.32 Å². The molecule has 5 heteroatoms. The van der Waals surface area contributed by atoms with Crippen LogP contribution in [0.5, 0.6) is 5.75 Å². The summed E-state index contributed by atoms with van der Waals surface area (Å²) in [6.45, 7) is 3.52. The van der Waals surface area contributed by atoms with Crippen LogP contribution in [0.3, 0.4) is 0 Å². The minimum absolute atomic E-state index is 0.336. The van der Waals surface area contributed by atoms with Crippen molar-refractivity contribution in [3.05, 3.63) is 30.3 Å². The zero-order valence-electron chi connectivity index (χ0n) is 11.1. The summed E-state index contributed by atoms with van der Waals surface area (Å²) in [7, 11) is 0. The molecule has 0 heterocycles. The van der Waals surface area contributed by atoms with E-state index in [-0.39, 0.29) is 0 Å². The van der Waals surface area contributed by atoms with Gasteiger partial charge in [-0.15, -0.1) is 0 Å². The van der Waals surface area contributed by atoms with Gasteiger partial charge >= 0.3 is 5.97 Å². The molecule has 2 N–H and O–H groups in total. The van der Waals surface area contributed by atoms with Crippen molar-refractivity contribution in [2.45, 2.75) is 38.8 Å². The van der Waals surface area contributed by atoms with Crippen LogP contribution in [0.25, 0.3) is 0 Å². The van der Waals surface area contributed by atoms with E-state index in [1.165, 1.54) is 0 Å². The second kappa shape index (κ2) is 7.41. The standard InChI is InChI=1S/C14H19NO4/c1-3-11(14(17)18)15-13(16)12(4-2)19-10-8-6-5-7-9-10/h5-9,11-12H,3-4H2,1-2H3,(H,15,16)(H,17,18). The molecule has 0 bridgehead atoms. The van der Waals surface area contributed by atoms with E-state index in [2.05, 4.69) is 5.32 Å². The van der Waals surface area contributed by atoms with Crippen molar-refractivity contribution in [2.75, 3.05) is 0 Å². The van der Waals surface area contributed by atoms with Crippen molar-refractivity contribution in [3.8, 4) is 5.75 Å². The zero-order valence-corrected chi connectivity index (χ0v) is 11.1. The Kier molecular flexibility index (Phi) is 5.85. The van der Waals surface area contributed by atoms with E-state index in [0.717, 1.165) is 0 Å². The van der Waals surface area contributed by atoms with Crippen molar-refractivity contribution in [1.29, 1.82) is 0 Å². The summed E-state index contributed by atoms with van der Waals surface area (Å²) in [6, 6.07) is 8.11. The predicted octanol–water partition coefficient (Wildman–Crippen LogP) is 1.82. The van der Waals surface area contributed by atoms with Crippen LogP contribution in [0.4, 0.5) is 0 Å². The molecule has 0 spiro atoms. The quantitative estimate of drug-likeness (QED) is 0.788. The molecule has 1 amide bonds. The van der Waals surface area contributed by atoms with E-state index >= 15 is 0 Å². The van der Waals surface area contributed by atoms with Gasteiger partial charge in [0.05, 0.1) is 0 Å². The van der Waals surface area contributed by atoms with E-state index < -0.39 is 24.0 Å². The smallest absolute Gasteiger partial charge is 0.326 e. The Balaban J connectivity index is 2.64. The molecule has 19 heavy (non-hydrogen) atoms. The van der Waals surface area contributed by atoms with Gasteiger partial charge in [-0.1, -0.05) is 32.0 Å². The van der Waals surface area contributed by atoms with Gasteiger partial charge < -0.3 is 15.2 Å². The molecule has 2 atom stereocenters. The average Bonchev–Trinajstić information content (AvgIpc) is 2.42. The number of carbonyl (C=O) groups excluding carboxylic acids is 1. The Morgan fingerprint density at radius 1 is 1.21 bits per heavy atom. The van der Waals surface area contributed by atoms with Crippen LogP contribution in [-0.2, 0) is 9.59 Å². The first kappa shape index (κ1) is 15.0. The number of carbonyl (C=O) groups is 2. The highest BCUT2D eigenvalue weighted by Gasteiger charge is 2.24. The average molecular weight is 265 g/mol. The molecule has 0 aliphatic heterocycles. The zero-order chi connectivity index (χ0) is 14.3. The Labute approximate surface area is 112 Å². The van der Waals surface area contributed by atoms with Gasteiger partial charge in [-0.05, 0) is 25.0 Å². The topological polar surface area (TPSA) is 75.6 Å². The summed E-state index contributed by atoms with van der Waals surface area (Å²) >= 11 is 0. The number of hydrogen-bond acceptors (Lipinski definition) is 3. The summed E-state index contributed by atoms with van der Waals surface area (Å²) in [5.74, 6) is -0.848. The number of benzene rings is 1. The van der Waals surface area contributed by atoms with Crippen LogP contribution in [0, 0.1) is 0 Å². The highest BCUT2D eigenvalue weighted by molar-refractivity contribution is 5.86. The fourth-order valence-corrected chi connectivity index (χ4v) is 1.59. The molecule has 0 aliphatic rings. The third-order valence-corrected chi connectivity index (χ3v) is 2.71. The molecule has 0 fully saturated rings. The number of carboxylic acids is 1. The lowest BCUT2D eigenvalue weighted by Crippen LogP contribution is -2.46. The third-order valence-electron chi connectivity index (χ3n) is 2.71. The molecule has 2 unspecified atom stereocenters. The van der Waals surface area contributed by atoms with E-state index in [4.69, 9.17) is 9.84 Å². The molecule has 5 nitrogen and oxygen atoms in total. The van der Waals surface area contributed by atoms with Crippen molar-refractivity contribution in [2.24, 2.45) is 0 Å². The number of carboxylic acid groups (broad SMARTS) is 1. The van der Waals surface area contributed by atoms with E-state index in [0.29, 0.717) is 18.6 Å². The number of para-hydroxylation sites is 1. The van der Waals surface area contributed by atoms with E-state index in [9.17, 15) is 9.59 Å². The van der Waals surface area contributed by atoms with Crippen LogP contribution in [0.15, 0.2) is 30.3 Å². The largest absolute Gasteiger partial charge is 0.481 e. The summed E-state index contributed by atoms with van der Waals surface area (Å²) < 4.78 is 5.55. The van der Waals surface area contributed by atoms with Crippen LogP contribution in [-0.4, -0.2) is 29.1 Å². The lowest BCUT2D eigenvalue weighted by atomic mass is 10.2. The lowest BCUT2D eigenvalue weighted by molar-refractivity contribution is -0.143. The monoisotopic (exact) mass is 265 g/mol. The molecule has 0 aromatic heterocycles. The van der Waals surface area contributed by atoms with Crippen LogP contribution in [0.2, 0.25) is 0 Å². The fraction of sp³-hybridized carbons (Fsp3) is 0.429. The predicted molar refractivity (Wildman–Crippen MR) is 71.0 cm³/mol. The van der Waals surface area contributed by atoms with Gasteiger partial charge in [-0.3, -0.25) is 4.79 Å². The first-order valence-electron chi connectivity index (χ1n) is 6.33. The second-order valence-electron chi connectivity index (χ2n) is 4.14. The van der Waals surface area contributed by atoms with Gasteiger partial charge in [0.15, 0.2) is 6.10 Å². The summed E-state index contributed by atoms with van der Waals surface area (Å²) in [6.07, 6.45) is 0.121. The Bertz CT molecular complexity index is 419. The van der Waals surface area contributed by atoms with Crippen LogP contribution in [0.1, 0.15) is 26.7 Å².